The van der Waals surface area contributed by atoms with Crippen molar-refractivity contribution in [3.8, 4) is 0 Å². The van der Waals surface area contributed by atoms with E-state index in [-0.39, 0.29) is 10.4 Å². The molecule has 1 atom stereocenters. The number of aromatic nitrogens is 1. The number of benzene rings is 1. The summed E-state index contributed by atoms with van der Waals surface area (Å²) < 4.78 is 33.3. The zero-order chi connectivity index (χ0) is 18.7. The maximum Gasteiger partial charge on any atom is 0.255 e. The molecular formula is C17H17ClFN3O3S. The van der Waals surface area contributed by atoms with Crippen molar-refractivity contribution in [2.75, 3.05) is 29.0 Å². The summed E-state index contributed by atoms with van der Waals surface area (Å²) in [5.74, 6) is -0.215. The fraction of sp³-hybridized carbons (Fsp3) is 0.294. The monoisotopic (exact) mass is 397 g/mol. The standard InChI is InChI=1S/C17H17ClFN3O3S/c1-17(8-25-9-17)10-26(24)22-15-6-11(4-5-20-15)16(23)21-12-2-3-14(19)13(18)7-12/h2-7H,8-10H2,1H3,(H,20,22)(H,21,23). The normalized spacial score (nSPS) is 16.4. The van der Waals surface area contributed by atoms with Crippen LogP contribution in [0.4, 0.5) is 15.9 Å². The van der Waals surface area contributed by atoms with Gasteiger partial charge in [-0.1, -0.05) is 18.5 Å². The van der Waals surface area contributed by atoms with Gasteiger partial charge in [0.1, 0.15) is 22.6 Å². The van der Waals surface area contributed by atoms with Crippen molar-refractivity contribution in [1.29, 1.82) is 0 Å². The highest BCUT2D eigenvalue weighted by molar-refractivity contribution is 7.86. The number of pyridine rings is 1. The van der Waals surface area contributed by atoms with E-state index in [0.717, 1.165) is 0 Å². The highest BCUT2D eigenvalue weighted by Crippen LogP contribution is 2.27. The Morgan fingerprint density at radius 3 is 2.81 bits per heavy atom. The van der Waals surface area contributed by atoms with Crippen LogP contribution in [0.2, 0.25) is 5.02 Å². The second kappa shape index (κ2) is 7.69. The smallest absolute Gasteiger partial charge is 0.255 e. The van der Waals surface area contributed by atoms with Crippen molar-refractivity contribution in [3.05, 3.63) is 52.9 Å². The van der Waals surface area contributed by atoms with E-state index in [9.17, 15) is 13.4 Å². The van der Waals surface area contributed by atoms with Crippen LogP contribution in [0.3, 0.4) is 0 Å². The first kappa shape index (κ1) is 18.8. The van der Waals surface area contributed by atoms with Crippen LogP contribution < -0.4 is 10.0 Å². The second-order valence-electron chi connectivity index (χ2n) is 6.41. The third kappa shape index (κ3) is 4.57. The zero-order valence-corrected chi connectivity index (χ0v) is 15.5. The van der Waals surface area contributed by atoms with Crippen molar-refractivity contribution in [2.24, 2.45) is 5.41 Å². The summed E-state index contributed by atoms with van der Waals surface area (Å²) >= 11 is 5.71. The third-order valence-electron chi connectivity index (χ3n) is 3.80. The van der Waals surface area contributed by atoms with Crippen molar-refractivity contribution in [1.82, 2.24) is 4.98 Å². The van der Waals surface area contributed by atoms with Gasteiger partial charge in [0.2, 0.25) is 0 Å². The van der Waals surface area contributed by atoms with Crippen LogP contribution in [0, 0.1) is 11.2 Å². The molecule has 1 aromatic heterocycles. The first-order valence-corrected chi connectivity index (χ1v) is 9.50. The number of anilines is 2. The molecule has 0 radical (unpaired) electrons. The fourth-order valence-corrected chi connectivity index (χ4v) is 3.81. The molecule has 1 saturated heterocycles. The maximum absolute atomic E-state index is 13.2. The second-order valence-corrected chi connectivity index (χ2v) is 8.00. The Hall–Kier alpha value is -2.03. The van der Waals surface area contributed by atoms with Gasteiger partial charge in [-0.2, -0.15) is 0 Å². The lowest BCUT2D eigenvalue weighted by Gasteiger charge is -2.37. The van der Waals surface area contributed by atoms with Crippen LogP contribution in [0.1, 0.15) is 17.3 Å². The van der Waals surface area contributed by atoms with Crippen LogP contribution >= 0.6 is 11.6 Å². The molecule has 1 aromatic carbocycles. The zero-order valence-electron chi connectivity index (χ0n) is 13.9. The quantitative estimate of drug-likeness (QED) is 0.784. The minimum absolute atomic E-state index is 0.0799. The average molecular weight is 398 g/mol. The number of carbonyl (C=O) groups excluding carboxylic acids is 1. The van der Waals surface area contributed by atoms with E-state index in [2.05, 4.69) is 15.0 Å². The molecule has 0 bridgehead atoms. The molecule has 2 aromatic rings. The molecule has 0 saturated carbocycles. The van der Waals surface area contributed by atoms with Crippen molar-refractivity contribution in [2.45, 2.75) is 6.92 Å². The highest BCUT2D eigenvalue weighted by atomic mass is 35.5. The van der Waals surface area contributed by atoms with Crippen LogP contribution in [0.15, 0.2) is 36.5 Å². The van der Waals surface area contributed by atoms with E-state index in [0.29, 0.717) is 36.0 Å². The van der Waals surface area contributed by atoms with Crippen molar-refractivity contribution in [3.63, 3.8) is 0 Å². The summed E-state index contributed by atoms with van der Waals surface area (Å²) in [4.78, 5) is 16.4. The van der Waals surface area contributed by atoms with Gasteiger partial charge in [0, 0.05) is 22.9 Å². The summed E-state index contributed by atoms with van der Waals surface area (Å²) in [5.41, 5.74) is 0.585. The van der Waals surface area contributed by atoms with Gasteiger partial charge >= 0.3 is 0 Å². The topological polar surface area (TPSA) is 80.3 Å². The summed E-state index contributed by atoms with van der Waals surface area (Å²) in [7, 11) is -1.34. The van der Waals surface area contributed by atoms with Gasteiger partial charge in [-0.25, -0.2) is 13.6 Å². The minimum atomic E-state index is -1.34. The first-order valence-electron chi connectivity index (χ1n) is 7.80. The lowest BCUT2D eigenvalue weighted by molar-refractivity contribution is -0.0865. The Labute approximate surface area is 157 Å². The molecule has 26 heavy (non-hydrogen) atoms. The van der Waals surface area contributed by atoms with E-state index < -0.39 is 22.7 Å². The number of amides is 1. The van der Waals surface area contributed by atoms with Gasteiger partial charge in [0.05, 0.1) is 24.0 Å². The molecule has 1 amide bonds. The Morgan fingerprint density at radius 2 is 2.15 bits per heavy atom. The minimum Gasteiger partial charge on any atom is -0.380 e. The lowest BCUT2D eigenvalue weighted by atomic mass is 9.92. The Balaban J connectivity index is 1.65. The van der Waals surface area contributed by atoms with E-state index in [1.807, 2.05) is 6.92 Å². The SMILES string of the molecule is CC1(CS(=O)Nc2cc(C(=O)Nc3ccc(F)c(Cl)c3)ccn2)COC1. The van der Waals surface area contributed by atoms with Gasteiger partial charge in [-0.05, 0) is 30.3 Å². The number of carbonyl (C=O) groups is 1. The van der Waals surface area contributed by atoms with Gasteiger partial charge in [-0.15, -0.1) is 0 Å². The van der Waals surface area contributed by atoms with E-state index in [1.165, 1.54) is 36.5 Å². The number of hydrogen-bond acceptors (Lipinski definition) is 4. The number of nitrogens with one attached hydrogen (secondary N) is 2. The highest BCUT2D eigenvalue weighted by Gasteiger charge is 2.35. The average Bonchev–Trinajstić information content (AvgIpc) is 2.57. The molecule has 3 rings (SSSR count). The molecule has 0 spiro atoms. The molecule has 2 heterocycles. The van der Waals surface area contributed by atoms with E-state index in [1.54, 1.807) is 0 Å². The molecule has 1 fully saturated rings. The predicted octanol–water partition coefficient (Wildman–Crippen LogP) is 3.24. The van der Waals surface area contributed by atoms with Crippen molar-refractivity contribution >= 4 is 40.0 Å². The molecule has 0 aliphatic carbocycles. The van der Waals surface area contributed by atoms with E-state index >= 15 is 0 Å². The van der Waals surface area contributed by atoms with Gasteiger partial charge in [0.25, 0.3) is 5.91 Å². The number of halogens is 2. The molecule has 1 aliphatic heterocycles. The summed E-state index contributed by atoms with van der Waals surface area (Å²) in [5, 5.41) is 2.55. The summed E-state index contributed by atoms with van der Waals surface area (Å²) in [6.45, 7) is 3.16. The van der Waals surface area contributed by atoms with Crippen LogP contribution in [0.5, 0.6) is 0 Å². The van der Waals surface area contributed by atoms with E-state index in [4.69, 9.17) is 16.3 Å². The largest absolute Gasteiger partial charge is 0.380 e. The molecular weight excluding hydrogens is 381 g/mol. The van der Waals surface area contributed by atoms with Crippen LogP contribution in [0.25, 0.3) is 0 Å². The van der Waals surface area contributed by atoms with Crippen LogP contribution in [-0.4, -0.2) is 34.1 Å². The predicted molar refractivity (Wildman–Crippen MR) is 99.2 cm³/mol. The molecule has 9 heteroatoms. The number of hydrogen-bond donors (Lipinski definition) is 2. The molecule has 1 aliphatic rings. The van der Waals surface area contributed by atoms with Crippen LogP contribution in [-0.2, 0) is 15.7 Å². The maximum atomic E-state index is 13.2. The first-order chi connectivity index (χ1) is 12.3. The number of rotatable bonds is 6. The molecule has 6 nitrogen and oxygen atoms in total. The molecule has 138 valence electrons. The number of ether oxygens (including phenoxy) is 1. The summed E-state index contributed by atoms with van der Waals surface area (Å²) in [6.07, 6.45) is 1.44. The summed E-state index contributed by atoms with van der Waals surface area (Å²) in [6, 6.07) is 6.93. The molecule has 1 unspecified atom stereocenters. The van der Waals surface area contributed by atoms with Gasteiger partial charge in [-0.3, -0.25) is 9.52 Å². The fourth-order valence-electron chi connectivity index (χ4n) is 2.41. The third-order valence-corrected chi connectivity index (χ3v) is 5.48. The number of nitrogens with zero attached hydrogens (tertiary/aromatic N) is 1. The molecule has 2 N–H and O–H groups in total. The Kier molecular flexibility index (Phi) is 5.55. The van der Waals surface area contributed by atoms with Gasteiger partial charge in [0.15, 0.2) is 0 Å². The van der Waals surface area contributed by atoms with Gasteiger partial charge < -0.3 is 10.1 Å². The Morgan fingerprint density at radius 1 is 1.38 bits per heavy atom. The van der Waals surface area contributed by atoms with Crippen molar-refractivity contribution < 1.29 is 18.1 Å². The lowest BCUT2D eigenvalue weighted by Crippen LogP contribution is -2.44. The Bertz CT molecular complexity index is 861.